The van der Waals surface area contributed by atoms with Gasteiger partial charge in [-0.1, -0.05) is 11.3 Å². The van der Waals surface area contributed by atoms with Crippen molar-refractivity contribution in [2.45, 2.75) is 29.0 Å². The van der Waals surface area contributed by atoms with Crippen LogP contribution in [0.2, 0.25) is 0 Å². The van der Waals surface area contributed by atoms with Crippen LogP contribution in [0, 0.1) is 29.6 Å². The predicted molar refractivity (Wildman–Crippen MR) is 129 cm³/mol. The largest absolute Gasteiger partial charge is 0.502 e. The van der Waals surface area contributed by atoms with Crippen LogP contribution in [0.4, 0.5) is 0 Å². The van der Waals surface area contributed by atoms with Gasteiger partial charge in [-0.05, 0) is 41.9 Å². The number of thioether (sulfide) groups is 1. The number of hydrogen-bond acceptors (Lipinski definition) is 9. The van der Waals surface area contributed by atoms with Crippen LogP contribution in [0.25, 0.3) is 0 Å². The molecule has 3 heterocycles. The Morgan fingerprint density at radius 3 is 2.36 bits per heavy atom. The van der Waals surface area contributed by atoms with Crippen molar-refractivity contribution >= 4 is 40.9 Å². The second-order valence-corrected chi connectivity index (χ2v) is 11.9. The zero-order valence-electron chi connectivity index (χ0n) is 19.4. The van der Waals surface area contributed by atoms with E-state index in [0.717, 1.165) is 38.1 Å². The van der Waals surface area contributed by atoms with E-state index in [1.165, 1.54) is 14.2 Å². The number of aliphatic carboxylic acids is 1. The summed E-state index contributed by atoms with van der Waals surface area (Å²) in [5.41, 5.74) is 0.803. The van der Waals surface area contributed by atoms with Crippen molar-refractivity contribution in [2.24, 2.45) is 29.6 Å². The summed E-state index contributed by atoms with van der Waals surface area (Å²) in [6.07, 6.45) is 0.450. The predicted octanol–water partition coefficient (Wildman–Crippen LogP) is 2.11. The first-order valence-corrected chi connectivity index (χ1v) is 13.4. The van der Waals surface area contributed by atoms with E-state index in [1.807, 2.05) is 0 Å². The van der Waals surface area contributed by atoms with Gasteiger partial charge in [0.2, 0.25) is 17.6 Å². The quantitative estimate of drug-likeness (QED) is 0.476. The summed E-state index contributed by atoms with van der Waals surface area (Å²) in [5, 5.41) is 20.3. The van der Waals surface area contributed by atoms with Crippen molar-refractivity contribution < 1.29 is 34.1 Å². The van der Waals surface area contributed by atoms with Crippen LogP contribution in [0.15, 0.2) is 22.0 Å². The lowest BCUT2D eigenvalue weighted by Crippen LogP contribution is -2.42. The number of fused-ring (bicyclic) bond motifs is 9. The number of aromatic nitrogens is 1. The summed E-state index contributed by atoms with van der Waals surface area (Å²) in [5.74, 6) is -2.61. The Morgan fingerprint density at radius 1 is 1.11 bits per heavy atom. The van der Waals surface area contributed by atoms with Crippen LogP contribution < -0.4 is 14.3 Å². The number of phenolic OH excluding ortho intramolecular Hbond substituents is 1. The number of carbonyl (C=O) groups excluding carboxylic acids is 2. The fraction of sp³-hybridized carbons (Fsp3) is 0.500. The molecule has 1 aromatic heterocycles. The Kier molecular flexibility index (Phi) is 5.38. The van der Waals surface area contributed by atoms with Gasteiger partial charge in [0.1, 0.15) is 0 Å². The van der Waals surface area contributed by atoms with E-state index in [4.69, 9.17) is 14.6 Å². The second kappa shape index (κ2) is 8.27. The molecule has 2 saturated carbocycles. The molecule has 6 rings (SSSR count). The van der Waals surface area contributed by atoms with Crippen molar-refractivity contribution in [3.63, 3.8) is 0 Å². The normalized spacial score (nSPS) is 31.8. The van der Waals surface area contributed by atoms with E-state index in [9.17, 15) is 24.3 Å². The molecule has 12 heteroatoms. The number of ether oxygens (including phenoxy) is 2. The molecule has 4 aliphatic rings. The van der Waals surface area contributed by atoms with Crippen LogP contribution >= 0.6 is 23.1 Å². The summed E-state index contributed by atoms with van der Waals surface area (Å²) < 4.78 is 10.8. The fourth-order valence-electron chi connectivity index (χ4n) is 6.97. The van der Waals surface area contributed by atoms with E-state index in [1.54, 1.807) is 23.9 Å². The van der Waals surface area contributed by atoms with Gasteiger partial charge in [-0.25, -0.2) is 0 Å². The number of nitrogens with one attached hydrogen (secondary N) is 1. The molecular weight excluding hydrogens is 508 g/mol. The van der Waals surface area contributed by atoms with Crippen LogP contribution in [-0.4, -0.2) is 63.9 Å². The minimum atomic E-state index is -1.05. The van der Waals surface area contributed by atoms with Crippen LogP contribution in [0.5, 0.6) is 17.2 Å². The van der Waals surface area contributed by atoms with Gasteiger partial charge >= 0.3 is 10.8 Å². The van der Waals surface area contributed by atoms with Gasteiger partial charge in [0.05, 0.1) is 37.5 Å². The maximum absolute atomic E-state index is 13.4. The third kappa shape index (κ3) is 3.16. The third-order valence-corrected chi connectivity index (χ3v) is 10.8. The monoisotopic (exact) mass is 532 g/mol. The molecule has 10 nitrogen and oxygen atoms in total. The number of aromatic amines is 1. The van der Waals surface area contributed by atoms with Gasteiger partial charge in [0.15, 0.2) is 11.5 Å². The molecule has 36 heavy (non-hydrogen) atoms. The van der Waals surface area contributed by atoms with Crippen LogP contribution in [0.1, 0.15) is 29.2 Å². The molecule has 190 valence electrons. The highest BCUT2D eigenvalue weighted by molar-refractivity contribution is 8.00. The number of benzene rings is 1. The first-order chi connectivity index (χ1) is 17.2. The Hall–Kier alpha value is -2.99. The summed E-state index contributed by atoms with van der Waals surface area (Å²) in [6.45, 7) is -0.113. The second-order valence-electron chi connectivity index (χ2n) is 9.71. The molecule has 2 aliphatic carbocycles. The summed E-state index contributed by atoms with van der Waals surface area (Å²) in [6, 6.07) is 3.49. The Labute approximate surface area is 213 Å². The highest BCUT2D eigenvalue weighted by atomic mass is 32.2. The maximum Gasteiger partial charge on any atom is 0.305 e. The number of nitrogens with zero attached hydrogens (tertiary/aromatic N) is 1. The molecule has 2 aliphatic heterocycles. The van der Waals surface area contributed by atoms with Crippen molar-refractivity contribution in [1.82, 2.24) is 9.88 Å². The molecule has 0 radical (unpaired) electrons. The number of imide groups is 1. The number of likely N-dealkylation sites (tertiary alicyclic amines) is 1. The van der Waals surface area contributed by atoms with E-state index < -0.39 is 17.8 Å². The van der Waals surface area contributed by atoms with E-state index >= 15 is 0 Å². The van der Waals surface area contributed by atoms with Crippen molar-refractivity contribution in [1.29, 1.82) is 0 Å². The van der Waals surface area contributed by atoms with Crippen molar-refractivity contribution in [3.8, 4) is 17.2 Å². The average Bonchev–Trinajstić information content (AvgIpc) is 3.57. The van der Waals surface area contributed by atoms with E-state index in [-0.39, 0.29) is 75.8 Å². The lowest BCUT2D eigenvalue weighted by Gasteiger charge is -2.43. The maximum atomic E-state index is 13.4. The summed E-state index contributed by atoms with van der Waals surface area (Å²) in [7, 11) is 2.91. The highest BCUT2D eigenvalue weighted by Gasteiger charge is 2.69. The molecule has 1 aromatic carbocycles. The van der Waals surface area contributed by atoms with Crippen molar-refractivity contribution in [3.05, 3.63) is 32.2 Å². The van der Waals surface area contributed by atoms with Gasteiger partial charge < -0.3 is 24.7 Å². The number of thiazole rings is 1. The number of carboxylic acids is 1. The average molecular weight is 533 g/mol. The minimum Gasteiger partial charge on any atom is -0.502 e. The van der Waals surface area contributed by atoms with Gasteiger partial charge in [-0.15, -0.1) is 11.8 Å². The zero-order chi connectivity index (χ0) is 25.5. The lowest BCUT2D eigenvalue weighted by atomic mass is 9.68. The number of amides is 2. The number of aromatic hydroxyl groups is 1. The summed E-state index contributed by atoms with van der Waals surface area (Å²) >= 11 is 2.71. The number of hydrogen-bond donors (Lipinski definition) is 3. The van der Waals surface area contributed by atoms with E-state index in [2.05, 4.69) is 4.98 Å². The Balaban J connectivity index is 1.45. The lowest BCUT2D eigenvalue weighted by molar-refractivity contribution is -0.142. The van der Waals surface area contributed by atoms with Crippen molar-refractivity contribution in [2.75, 3.05) is 20.8 Å². The molecule has 3 N–H and O–H groups in total. The Bertz CT molecular complexity index is 1330. The highest BCUT2D eigenvalue weighted by Crippen LogP contribution is 2.68. The molecule has 1 saturated heterocycles. The molecular formula is C24H24N2O8S2. The number of carboxylic acid groups (broad SMARTS) is 1. The third-order valence-electron chi connectivity index (χ3n) is 8.23. The number of carbonyl (C=O) groups is 3. The first kappa shape index (κ1) is 23.4. The number of rotatable bonds is 6. The molecule has 3 fully saturated rings. The topological polar surface area (TPSA) is 146 Å². The standard InChI is InChI=1S/C24H24N2O8S2/c1-33-11-5-8(6-12(34-2)18(11)29)14-15-9-7-10(19(15)35-21-20(14)36-24(32)25-21)17-16(9)22(30)26(23(17)31)4-3-13(27)28/h5-6,9-10,14-17,19,29H,3-4,7H2,1-2H3,(H,25,32)(H,27,28). The minimum absolute atomic E-state index is 0.000895. The molecule has 7 unspecified atom stereocenters. The SMILES string of the molecule is COc1cc(C2c3sc(=O)[nH]c3SC3C4CC(C5C(=O)N(CCC(=O)O)C(=O)C45)C23)cc(OC)c1O. The van der Waals surface area contributed by atoms with Gasteiger partial charge in [0, 0.05) is 22.6 Å². The van der Waals surface area contributed by atoms with Gasteiger partial charge in [-0.3, -0.25) is 24.1 Å². The molecule has 0 spiro atoms. The Morgan fingerprint density at radius 2 is 1.75 bits per heavy atom. The fourth-order valence-corrected chi connectivity index (χ4v) is 9.86. The van der Waals surface area contributed by atoms with E-state index in [0.29, 0.717) is 0 Å². The number of H-pyrrole nitrogens is 1. The summed E-state index contributed by atoms with van der Waals surface area (Å²) in [4.78, 5) is 54.9. The first-order valence-electron chi connectivity index (χ1n) is 11.7. The zero-order valence-corrected chi connectivity index (χ0v) is 21.1. The molecule has 2 bridgehead atoms. The van der Waals surface area contributed by atoms with Crippen LogP contribution in [0.3, 0.4) is 0 Å². The number of methoxy groups -OCH3 is 2. The smallest absolute Gasteiger partial charge is 0.305 e. The molecule has 2 aromatic rings. The van der Waals surface area contributed by atoms with Gasteiger partial charge in [0.25, 0.3) is 0 Å². The molecule has 2 amide bonds. The van der Waals surface area contributed by atoms with Crippen LogP contribution in [-0.2, 0) is 14.4 Å². The molecule has 7 atom stereocenters. The number of phenols is 1. The van der Waals surface area contributed by atoms with Gasteiger partial charge in [-0.2, -0.15) is 0 Å².